The average Bonchev–Trinajstić information content (AvgIpc) is 2.91. The summed E-state index contributed by atoms with van der Waals surface area (Å²) in [6, 6.07) is 9.55. The Morgan fingerprint density at radius 2 is 1.88 bits per heavy atom. The summed E-state index contributed by atoms with van der Waals surface area (Å²) in [5, 5.41) is 0.429. The van der Waals surface area contributed by atoms with E-state index in [1.807, 2.05) is 0 Å². The Kier molecular flexibility index (Phi) is 4.08. The molecule has 33 heavy (non-hydrogen) atoms. The second-order valence-electron chi connectivity index (χ2n) is 7.43. The maximum Gasteiger partial charge on any atom is 0.267 e. The number of amides is 1. The molecule has 10 heteroatoms. The Bertz CT molecular complexity index is 1390. The van der Waals surface area contributed by atoms with Gasteiger partial charge in [0, 0.05) is 37.6 Å². The van der Waals surface area contributed by atoms with Crippen molar-refractivity contribution in [3.05, 3.63) is 36.4 Å². The van der Waals surface area contributed by atoms with Crippen LogP contribution in [0.4, 0.5) is 11.8 Å². The van der Waals surface area contributed by atoms with Crippen LogP contribution in [0.15, 0.2) is 36.4 Å². The molecule has 2 aliphatic rings. The largest absolute Gasteiger partial charge is 0.493 e. The molecule has 1 fully saturated rings. The van der Waals surface area contributed by atoms with Gasteiger partial charge in [0.15, 0.2) is 25.8 Å². The fourth-order valence-corrected chi connectivity index (χ4v) is 3.76. The molecule has 1 amide bonds. The summed E-state index contributed by atoms with van der Waals surface area (Å²) in [4.78, 5) is 25.5. The van der Waals surface area contributed by atoms with Crippen LogP contribution in [0.5, 0.6) is 23.0 Å². The van der Waals surface area contributed by atoms with E-state index in [9.17, 15) is 4.79 Å². The molecule has 2 N–H and O–H groups in total. The highest BCUT2D eigenvalue weighted by atomic mass is 16.6. The quantitative estimate of drug-likeness (QED) is 0.613. The minimum atomic E-state index is -2.72. The minimum absolute atomic E-state index is 0.0363. The molecule has 5 rings (SSSR count). The summed E-state index contributed by atoms with van der Waals surface area (Å²) in [7, 11) is 2.97. The van der Waals surface area contributed by atoms with Crippen LogP contribution in [0.1, 0.15) is 4.11 Å². The van der Waals surface area contributed by atoms with Crippen LogP contribution < -0.4 is 29.6 Å². The van der Waals surface area contributed by atoms with Crippen LogP contribution >= 0.6 is 0 Å². The first-order chi connectivity index (χ1) is 18.1. The van der Waals surface area contributed by atoms with Crippen molar-refractivity contribution in [1.29, 1.82) is 0 Å². The van der Waals surface area contributed by atoms with Gasteiger partial charge in [0.1, 0.15) is 12.4 Å². The number of carbonyl (C=O) groups excluding carboxylic acids is 1. The molecule has 0 bridgehead atoms. The number of para-hydroxylation sites is 2. The van der Waals surface area contributed by atoms with Crippen LogP contribution in [-0.2, 0) is 4.79 Å². The first kappa shape index (κ1) is 15.8. The van der Waals surface area contributed by atoms with Gasteiger partial charge in [-0.05, 0) is 18.2 Å². The van der Waals surface area contributed by atoms with E-state index in [2.05, 4.69) is 9.97 Å². The van der Waals surface area contributed by atoms with E-state index in [0.717, 1.165) is 0 Å². The number of fused-ring (bicyclic) bond motifs is 2. The number of nitrogens with two attached hydrogens (primary N) is 1. The number of nitrogens with zero attached hydrogens (tertiary/aromatic N) is 4. The summed E-state index contributed by atoms with van der Waals surface area (Å²) in [5.41, 5.74) is 0.832. The van der Waals surface area contributed by atoms with Crippen LogP contribution in [-0.4, -0.2) is 73.8 Å². The number of anilines is 2. The van der Waals surface area contributed by atoms with Crippen molar-refractivity contribution < 1.29 is 30.7 Å². The minimum Gasteiger partial charge on any atom is -0.493 e. The molecular formula is C23H25N5O5. The van der Waals surface area contributed by atoms with E-state index in [1.54, 1.807) is 29.2 Å². The van der Waals surface area contributed by atoms with E-state index in [0.29, 0.717) is 28.1 Å². The molecule has 0 saturated carbocycles. The molecule has 1 saturated heterocycles. The third-order valence-corrected chi connectivity index (χ3v) is 5.53. The van der Waals surface area contributed by atoms with E-state index in [4.69, 9.17) is 25.9 Å². The summed E-state index contributed by atoms with van der Waals surface area (Å²) in [5.74, 6) is 0.495. The lowest BCUT2D eigenvalue weighted by Crippen LogP contribution is -2.54. The molecule has 3 heterocycles. The van der Waals surface area contributed by atoms with Gasteiger partial charge < -0.3 is 34.5 Å². The van der Waals surface area contributed by atoms with Crippen molar-refractivity contribution in [3.63, 3.8) is 0 Å². The lowest BCUT2D eigenvalue weighted by Gasteiger charge is -2.37. The topological polar surface area (TPSA) is 112 Å². The number of methoxy groups -OCH3 is 2. The number of carbonyl (C=O) groups is 1. The van der Waals surface area contributed by atoms with Gasteiger partial charge in [-0.15, -0.1) is 0 Å². The van der Waals surface area contributed by atoms with Gasteiger partial charge in [0.25, 0.3) is 5.91 Å². The predicted octanol–water partition coefficient (Wildman–Crippen LogP) is 1.72. The molecule has 172 valence electrons. The highest BCUT2D eigenvalue weighted by molar-refractivity contribution is 5.91. The normalized spacial score (nSPS) is 23.5. The van der Waals surface area contributed by atoms with E-state index >= 15 is 0 Å². The SMILES string of the molecule is [2H]N([2H])c1nc(N2CCN(C(=O)C3([2H])Oc4ccccc4OC3([2H])[2H])CC2)nc2cc(OC)c(OC)cc12. The molecule has 0 spiro atoms. The predicted molar refractivity (Wildman–Crippen MR) is 122 cm³/mol. The van der Waals surface area contributed by atoms with Crippen LogP contribution in [0.25, 0.3) is 10.9 Å². The number of aromatic nitrogens is 2. The molecule has 1 atom stereocenters. The second-order valence-corrected chi connectivity index (χ2v) is 7.43. The summed E-state index contributed by atoms with van der Waals surface area (Å²) < 4.78 is 62.3. The molecule has 2 aromatic carbocycles. The number of ether oxygens (including phenoxy) is 4. The number of benzene rings is 2. The van der Waals surface area contributed by atoms with Gasteiger partial charge in [0.05, 0.1) is 23.8 Å². The molecule has 1 unspecified atom stereocenters. The summed E-state index contributed by atoms with van der Waals surface area (Å²) >= 11 is 0. The molecule has 3 aromatic rings. The smallest absolute Gasteiger partial charge is 0.267 e. The third-order valence-electron chi connectivity index (χ3n) is 5.53. The lowest BCUT2D eigenvalue weighted by molar-refractivity contribution is -0.141. The fourth-order valence-electron chi connectivity index (χ4n) is 3.76. The molecule has 0 radical (unpaired) electrons. The molecule has 2 aliphatic heterocycles. The average molecular weight is 457 g/mol. The third kappa shape index (κ3) is 3.88. The lowest BCUT2D eigenvalue weighted by atomic mass is 10.2. The zero-order valence-electron chi connectivity index (χ0n) is 23.1. The zero-order chi connectivity index (χ0) is 27.2. The molecule has 1 aromatic heterocycles. The summed E-state index contributed by atoms with van der Waals surface area (Å²) in [6.45, 7) is -1.94. The van der Waals surface area contributed by atoms with Crippen molar-refractivity contribution in [3.8, 4) is 23.0 Å². The van der Waals surface area contributed by atoms with Crippen LogP contribution in [0, 0.1) is 0 Å². The van der Waals surface area contributed by atoms with Gasteiger partial charge >= 0.3 is 0 Å². The highest BCUT2D eigenvalue weighted by Gasteiger charge is 2.33. The van der Waals surface area contributed by atoms with Crippen molar-refractivity contribution in [2.45, 2.75) is 6.08 Å². The fraction of sp³-hybridized carbons (Fsp3) is 0.348. The number of rotatable bonds is 5. The van der Waals surface area contributed by atoms with Crippen molar-refractivity contribution >= 4 is 28.6 Å². The first-order valence-electron chi connectivity index (χ1n) is 12.7. The van der Waals surface area contributed by atoms with Gasteiger partial charge in [0.2, 0.25) is 12.0 Å². The van der Waals surface area contributed by atoms with Crippen molar-refractivity contribution in [1.82, 2.24) is 14.9 Å². The van der Waals surface area contributed by atoms with Gasteiger partial charge in [-0.3, -0.25) is 4.79 Å². The monoisotopic (exact) mass is 456 g/mol. The highest BCUT2D eigenvalue weighted by Crippen LogP contribution is 2.34. The number of hydrogen-bond acceptors (Lipinski definition) is 9. The number of hydrogen-bond donors (Lipinski definition) is 1. The first-order valence-corrected chi connectivity index (χ1v) is 10.3. The maximum atomic E-state index is 13.4. The second kappa shape index (κ2) is 8.53. The Morgan fingerprint density at radius 1 is 1.15 bits per heavy atom. The van der Waals surface area contributed by atoms with E-state index < -0.39 is 18.5 Å². The van der Waals surface area contributed by atoms with Gasteiger partial charge in [-0.25, -0.2) is 4.98 Å². The van der Waals surface area contributed by atoms with Crippen LogP contribution in [0.3, 0.4) is 0 Å². The van der Waals surface area contributed by atoms with Crippen molar-refractivity contribution in [2.75, 3.05) is 57.6 Å². The zero-order valence-corrected chi connectivity index (χ0v) is 18.1. The molecule has 10 nitrogen and oxygen atoms in total. The standard InChI is InChI=1S/C23H25N5O5/c1-30-18-11-14-15(12-19(18)31-2)25-23(26-21(14)24)28-9-7-27(8-10-28)22(29)20-13-32-16-5-3-4-6-17(16)33-20/h3-6,11-12,20H,7-10,13H2,1-2H3,(H2,24,25,26)/i13D2,20D/hD2. The van der Waals surface area contributed by atoms with Crippen LogP contribution in [0.2, 0.25) is 2.82 Å². The Labute approximate surface area is 197 Å². The van der Waals surface area contributed by atoms with E-state index in [1.165, 1.54) is 31.3 Å². The molecular weight excluding hydrogens is 426 g/mol. The Morgan fingerprint density at radius 3 is 2.61 bits per heavy atom. The van der Waals surface area contributed by atoms with Crippen molar-refractivity contribution in [2.24, 2.45) is 0 Å². The Hall–Kier alpha value is -3.95. The van der Waals surface area contributed by atoms with Gasteiger partial charge in [-0.2, -0.15) is 4.98 Å². The van der Waals surface area contributed by atoms with Gasteiger partial charge in [-0.1, -0.05) is 12.1 Å². The maximum absolute atomic E-state index is 13.4. The summed E-state index contributed by atoms with van der Waals surface area (Å²) in [6.07, 6.45) is -2.64. The Balaban J connectivity index is 1.38. The number of nitrogen functional groups attached to an aromatic ring is 1. The van der Waals surface area contributed by atoms with E-state index in [-0.39, 0.29) is 49.4 Å². The molecule has 0 aliphatic carbocycles. The number of piperazine rings is 1.